The van der Waals surface area contributed by atoms with Gasteiger partial charge in [0.1, 0.15) is 4.47 Å². The molecule has 0 saturated heterocycles. The maximum atomic E-state index is 11.2. The van der Waals surface area contributed by atoms with Gasteiger partial charge in [0.05, 0.1) is 11.9 Å². The number of H-pyrrole nitrogens is 1. The Hall–Kier alpha value is -0.840. The summed E-state index contributed by atoms with van der Waals surface area (Å²) in [6.07, 6.45) is 3.97. The molecule has 1 fully saturated rings. The van der Waals surface area contributed by atoms with Gasteiger partial charge in [0, 0.05) is 6.04 Å². The monoisotopic (exact) mass is 257 g/mol. The molecule has 1 aromatic rings. The third-order valence-corrected chi connectivity index (χ3v) is 3.32. The summed E-state index contributed by atoms with van der Waals surface area (Å²) in [6.45, 7) is 2.23. The van der Waals surface area contributed by atoms with Crippen LogP contribution in [0.15, 0.2) is 15.5 Å². The van der Waals surface area contributed by atoms with Crippen molar-refractivity contribution in [2.24, 2.45) is 5.92 Å². The highest BCUT2D eigenvalue weighted by Gasteiger charge is 2.25. The van der Waals surface area contributed by atoms with E-state index in [-0.39, 0.29) is 5.56 Å². The van der Waals surface area contributed by atoms with Crippen LogP contribution in [0.5, 0.6) is 0 Å². The van der Waals surface area contributed by atoms with Gasteiger partial charge in [-0.25, -0.2) is 5.10 Å². The Morgan fingerprint density at radius 2 is 2.36 bits per heavy atom. The van der Waals surface area contributed by atoms with Gasteiger partial charge in [-0.05, 0) is 34.7 Å². The summed E-state index contributed by atoms with van der Waals surface area (Å²) in [6, 6.07) is 0.491. The molecule has 1 aliphatic carbocycles. The Balaban J connectivity index is 2.10. The molecule has 0 bridgehead atoms. The summed E-state index contributed by atoms with van der Waals surface area (Å²) >= 11 is 3.23. The van der Waals surface area contributed by atoms with E-state index >= 15 is 0 Å². The van der Waals surface area contributed by atoms with E-state index in [9.17, 15) is 4.79 Å². The SMILES string of the molecule is CC1CC(Nc2cn[nH]c(=O)c2Br)C1. The van der Waals surface area contributed by atoms with Gasteiger partial charge in [-0.3, -0.25) is 4.79 Å². The highest BCUT2D eigenvalue weighted by Crippen LogP contribution is 2.30. The maximum Gasteiger partial charge on any atom is 0.280 e. The molecule has 4 nitrogen and oxygen atoms in total. The summed E-state index contributed by atoms with van der Waals surface area (Å²) in [5.41, 5.74) is 0.591. The smallest absolute Gasteiger partial charge is 0.280 e. The Morgan fingerprint density at radius 3 is 3.00 bits per heavy atom. The second-order valence-electron chi connectivity index (χ2n) is 3.84. The van der Waals surface area contributed by atoms with Crippen LogP contribution in [0.4, 0.5) is 5.69 Å². The van der Waals surface area contributed by atoms with Crippen molar-refractivity contribution >= 4 is 21.6 Å². The topological polar surface area (TPSA) is 57.8 Å². The van der Waals surface area contributed by atoms with Crippen molar-refractivity contribution in [3.63, 3.8) is 0 Å². The minimum atomic E-state index is -0.192. The van der Waals surface area contributed by atoms with E-state index in [1.54, 1.807) is 6.20 Å². The Morgan fingerprint density at radius 1 is 1.64 bits per heavy atom. The lowest BCUT2D eigenvalue weighted by Gasteiger charge is -2.34. The minimum absolute atomic E-state index is 0.192. The van der Waals surface area contributed by atoms with Gasteiger partial charge < -0.3 is 5.32 Å². The average Bonchev–Trinajstić information content (AvgIpc) is 2.10. The molecule has 1 saturated carbocycles. The summed E-state index contributed by atoms with van der Waals surface area (Å²) in [5.74, 6) is 0.793. The maximum absolute atomic E-state index is 11.2. The number of hydrogen-bond donors (Lipinski definition) is 2. The van der Waals surface area contributed by atoms with Gasteiger partial charge >= 0.3 is 0 Å². The summed E-state index contributed by atoms with van der Waals surface area (Å²) in [7, 11) is 0. The number of aromatic amines is 1. The van der Waals surface area contributed by atoms with Crippen molar-refractivity contribution in [3.8, 4) is 0 Å². The fraction of sp³-hybridized carbons (Fsp3) is 0.556. The summed E-state index contributed by atoms with van der Waals surface area (Å²) in [5, 5.41) is 9.40. The van der Waals surface area contributed by atoms with Crippen LogP contribution in [0.3, 0.4) is 0 Å². The van der Waals surface area contributed by atoms with E-state index in [2.05, 4.69) is 38.4 Å². The van der Waals surface area contributed by atoms with E-state index < -0.39 is 0 Å². The minimum Gasteiger partial charge on any atom is -0.380 e. The predicted octanol–water partition coefficient (Wildman–Crippen LogP) is 1.74. The Bertz CT molecular complexity index is 384. The highest BCUT2D eigenvalue weighted by molar-refractivity contribution is 9.10. The zero-order valence-electron chi connectivity index (χ0n) is 7.88. The standard InChI is InChI=1S/C9H12BrN3O/c1-5-2-6(3-5)12-7-4-11-13-9(14)8(7)10/h4-6H,2-3H2,1H3,(H2,12,13,14). The largest absolute Gasteiger partial charge is 0.380 e. The van der Waals surface area contributed by atoms with Crippen LogP contribution in [0.2, 0.25) is 0 Å². The molecule has 76 valence electrons. The van der Waals surface area contributed by atoms with Gasteiger partial charge in [0.2, 0.25) is 0 Å². The molecule has 0 amide bonds. The van der Waals surface area contributed by atoms with Crippen molar-refractivity contribution in [1.29, 1.82) is 0 Å². The summed E-state index contributed by atoms with van der Waals surface area (Å²) in [4.78, 5) is 11.2. The van der Waals surface area contributed by atoms with Crippen molar-refractivity contribution in [2.45, 2.75) is 25.8 Å². The fourth-order valence-corrected chi connectivity index (χ4v) is 2.03. The zero-order chi connectivity index (χ0) is 10.1. The molecule has 0 atom stereocenters. The predicted molar refractivity (Wildman–Crippen MR) is 58.4 cm³/mol. The Kier molecular flexibility index (Phi) is 2.58. The molecular formula is C9H12BrN3O. The van der Waals surface area contributed by atoms with Gasteiger partial charge in [-0.2, -0.15) is 5.10 Å². The normalized spacial score (nSPS) is 25.6. The molecule has 0 aliphatic heterocycles. The molecule has 0 aromatic carbocycles. The van der Waals surface area contributed by atoms with E-state index in [1.807, 2.05) is 0 Å². The molecule has 5 heteroatoms. The second kappa shape index (κ2) is 3.73. The van der Waals surface area contributed by atoms with Gasteiger partial charge in [0.15, 0.2) is 0 Å². The first-order chi connectivity index (χ1) is 6.66. The van der Waals surface area contributed by atoms with Crippen LogP contribution in [0.1, 0.15) is 19.8 Å². The fourth-order valence-electron chi connectivity index (χ4n) is 1.72. The van der Waals surface area contributed by atoms with Crippen LogP contribution in [-0.2, 0) is 0 Å². The highest BCUT2D eigenvalue weighted by atomic mass is 79.9. The van der Waals surface area contributed by atoms with Crippen LogP contribution in [-0.4, -0.2) is 16.2 Å². The second-order valence-corrected chi connectivity index (χ2v) is 4.64. The van der Waals surface area contributed by atoms with Crippen molar-refractivity contribution in [1.82, 2.24) is 10.2 Å². The first-order valence-electron chi connectivity index (χ1n) is 4.66. The number of aromatic nitrogens is 2. The lowest BCUT2D eigenvalue weighted by molar-refractivity contribution is 0.309. The van der Waals surface area contributed by atoms with E-state index in [0.717, 1.165) is 11.6 Å². The van der Waals surface area contributed by atoms with Crippen molar-refractivity contribution in [3.05, 3.63) is 21.0 Å². The van der Waals surface area contributed by atoms with Crippen LogP contribution < -0.4 is 10.9 Å². The number of anilines is 1. The lowest BCUT2D eigenvalue weighted by atomic mass is 9.82. The number of nitrogens with one attached hydrogen (secondary N) is 2. The zero-order valence-corrected chi connectivity index (χ0v) is 9.47. The number of rotatable bonds is 2. The van der Waals surface area contributed by atoms with Gasteiger partial charge in [-0.15, -0.1) is 0 Å². The number of hydrogen-bond acceptors (Lipinski definition) is 3. The van der Waals surface area contributed by atoms with Crippen molar-refractivity contribution < 1.29 is 0 Å². The molecular weight excluding hydrogens is 246 g/mol. The third-order valence-electron chi connectivity index (χ3n) is 2.53. The van der Waals surface area contributed by atoms with E-state index in [0.29, 0.717) is 10.5 Å². The molecule has 1 aromatic heterocycles. The molecule has 1 heterocycles. The van der Waals surface area contributed by atoms with Crippen molar-refractivity contribution in [2.75, 3.05) is 5.32 Å². The third kappa shape index (κ3) is 1.82. The van der Waals surface area contributed by atoms with E-state index in [4.69, 9.17) is 0 Å². The molecule has 0 radical (unpaired) electrons. The molecule has 2 rings (SSSR count). The van der Waals surface area contributed by atoms with Crippen LogP contribution in [0, 0.1) is 5.92 Å². The number of halogens is 1. The van der Waals surface area contributed by atoms with Crippen LogP contribution >= 0.6 is 15.9 Å². The molecule has 0 unspecified atom stereocenters. The van der Waals surface area contributed by atoms with Crippen LogP contribution in [0.25, 0.3) is 0 Å². The molecule has 14 heavy (non-hydrogen) atoms. The average molecular weight is 258 g/mol. The van der Waals surface area contributed by atoms with Gasteiger partial charge in [-0.1, -0.05) is 6.92 Å². The first kappa shape index (κ1) is 9.71. The molecule has 1 aliphatic rings. The van der Waals surface area contributed by atoms with E-state index in [1.165, 1.54) is 12.8 Å². The summed E-state index contributed by atoms with van der Waals surface area (Å²) < 4.78 is 0.534. The first-order valence-corrected chi connectivity index (χ1v) is 5.46. The van der Waals surface area contributed by atoms with Gasteiger partial charge in [0.25, 0.3) is 5.56 Å². The molecule has 2 N–H and O–H groups in total. The Labute approximate surface area is 90.2 Å². The quantitative estimate of drug-likeness (QED) is 0.849. The lowest BCUT2D eigenvalue weighted by Crippen LogP contribution is -2.34. The molecule has 0 spiro atoms. The number of nitrogens with zero attached hydrogens (tertiary/aromatic N) is 1.